The van der Waals surface area contributed by atoms with Gasteiger partial charge in [-0.3, -0.25) is 4.98 Å². The van der Waals surface area contributed by atoms with Crippen LogP contribution in [0.15, 0.2) is 36.5 Å². The van der Waals surface area contributed by atoms with Crippen molar-refractivity contribution in [3.63, 3.8) is 0 Å². The molecule has 2 N–H and O–H groups in total. The van der Waals surface area contributed by atoms with Gasteiger partial charge >= 0.3 is 0 Å². The fourth-order valence-corrected chi connectivity index (χ4v) is 2.97. The Morgan fingerprint density at radius 1 is 1.32 bits per heavy atom. The van der Waals surface area contributed by atoms with E-state index in [1.165, 1.54) is 11.6 Å². The van der Waals surface area contributed by atoms with Crippen molar-refractivity contribution in [1.29, 1.82) is 0 Å². The van der Waals surface area contributed by atoms with Crippen molar-refractivity contribution in [2.24, 2.45) is 5.73 Å². The molecule has 0 saturated heterocycles. The van der Waals surface area contributed by atoms with E-state index in [0.717, 1.165) is 18.5 Å². The highest BCUT2D eigenvalue weighted by Gasteiger charge is 2.31. The number of nitrogens with zero attached hydrogens (tertiary/aromatic N) is 1. The molecule has 1 aromatic heterocycles. The molecule has 98 valence electrons. The molecule has 19 heavy (non-hydrogen) atoms. The van der Waals surface area contributed by atoms with E-state index in [1.54, 1.807) is 18.3 Å². The van der Waals surface area contributed by atoms with E-state index >= 15 is 0 Å². The summed E-state index contributed by atoms with van der Waals surface area (Å²) in [7, 11) is 0. The lowest BCUT2D eigenvalue weighted by atomic mass is 9.91. The number of nitrogens with two attached hydrogens (primary N) is 1. The summed E-state index contributed by atoms with van der Waals surface area (Å²) in [4.78, 5) is 4.40. The largest absolute Gasteiger partial charge is 0.323 e. The van der Waals surface area contributed by atoms with E-state index in [-0.39, 0.29) is 10.9 Å². The molecule has 2 nitrogen and oxygen atoms in total. The fraction of sp³-hybridized carbons (Fsp3) is 0.267. The van der Waals surface area contributed by atoms with E-state index < -0.39 is 11.9 Å². The number of pyridine rings is 1. The molecular formula is C15H14ClFN2. The number of halogens is 2. The van der Waals surface area contributed by atoms with Gasteiger partial charge in [-0.2, -0.15) is 0 Å². The van der Waals surface area contributed by atoms with E-state index in [0.29, 0.717) is 5.56 Å². The minimum absolute atomic E-state index is 0.0594. The minimum atomic E-state index is -0.416. The molecule has 0 spiro atoms. The lowest BCUT2D eigenvalue weighted by Gasteiger charge is -2.20. The number of hydrogen-bond acceptors (Lipinski definition) is 2. The van der Waals surface area contributed by atoms with E-state index in [1.807, 2.05) is 6.07 Å². The molecule has 1 aliphatic carbocycles. The molecule has 1 heterocycles. The molecule has 0 bridgehead atoms. The van der Waals surface area contributed by atoms with Crippen LogP contribution < -0.4 is 5.73 Å². The molecule has 4 heteroatoms. The number of benzene rings is 1. The summed E-state index contributed by atoms with van der Waals surface area (Å²) in [5.74, 6) is -0.356. The van der Waals surface area contributed by atoms with Crippen molar-refractivity contribution < 1.29 is 4.39 Å². The molecule has 0 saturated carbocycles. The van der Waals surface area contributed by atoms with Gasteiger partial charge in [0.1, 0.15) is 5.82 Å². The Morgan fingerprint density at radius 2 is 2.16 bits per heavy atom. The second-order valence-electron chi connectivity index (χ2n) is 4.86. The number of aryl methyl sites for hydroxylation is 1. The Kier molecular flexibility index (Phi) is 3.25. The first kappa shape index (κ1) is 12.6. The van der Waals surface area contributed by atoms with Gasteiger partial charge in [0.15, 0.2) is 0 Å². The average molecular weight is 277 g/mol. The van der Waals surface area contributed by atoms with Crippen molar-refractivity contribution in [3.05, 3.63) is 64.2 Å². The summed E-state index contributed by atoms with van der Waals surface area (Å²) in [5, 5.41) is 0.118. The van der Waals surface area contributed by atoms with Gasteiger partial charge in [-0.25, -0.2) is 4.39 Å². The topological polar surface area (TPSA) is 38.9 Å². The van der Waals surface area contributed by atoms with Gasteiger partial charge in [-0.1, -0.05) is 29.8 Å². The van der Waals surface area contributed by atoms with Crippen molar-refractivity contribution in [3.8, 4) is 0 Å². The first-order valence-electron chi connectivity index (χ1n) is 6.31. The standard InChI is InChI=1S/C15H14ClFN2/c16-12-5-1-4-10(13(12)17)14(18)11-7-6-9-3-2-8-19-15(9)11/h1-5,8,11,14H,6-7,18H2. The Hall–Kier alpha value is -1.45. The van der Waals surface area contributed by atoms with Gasteiger partial charge in [0, 0.05) is 29.4 Å². The fourth-order valence-electron chi connectivity index (χ4n) is 2.79. The minimum Gasteiger partial charge on any atom is -0.323 e. The van der Waals surface area contributed by atoms with Crippen molar-refractivity contribution >= 4 is 11.6 Å². The molecular weight excluding hydrogens is 263 g/mol. The summed E-state index contributed by atoms with van der Waals surface area (Å²) >= 11 is 5.82. The summed E-state index contributed by atoms with van der Waals surface area (Å²) < 4.78 is 14.0. The van der Waals surface area contributed by atoms with Crippen LogP contribution in [-0.4, -0.2) is 4.98 Å². The summed E-state index contributed by atoms with van der Waals surface area (Å²) in [5.41, 5.74) is 8.92. The molecule has 0 radical (unpaired) electrons. The molecule has 1 aliphatic rings. The third kappa shape index (κ3) is 2.13. The second kappa shape index (κ2) is 4.91. The molecule has 2 unspecified atom stereocenters. The van der Waals surface area contributed by atoms with Gasteiger partial charge in [0.05, 0.1) is 5.02 Å². The van der Waals surface area contributed by atoms with Crippen LogP contribution in [-0.2, 0) is 6.42 Å². The van der Waals surface area contributed by atoms with Gasteiger partial charge in [-0.15, -0.1) is 0 Å². The second-order valence-corrected chi connectivity index (χ2v) is 5.27. The number of hydrogen-bond donors (Lipinski definition) is 1. The number of fused-ring (bicyclic) bond motifs is 1. The maximum Gasteiger partial charge on any atom is 0.146 e. The zero-order chi connectivity index (χ0) is 13.4. The van der Waals surface area contributed by atoms with Gasteiger partial charge in [0.25, 0.3) is 0 Å². The maximum atomic E-state index is 14.0. The highest BCUT2D eigenvalue weighted by molar-refractivity contribution is 6.30. The zero-order valence-corrected chi connectivity index (χ0v) is 11.1. The summed E-state index contributed by atoms with van der Waals surface area (Å²) in [6.07, 6.45) is 3.61. The lowest BCUT2D eigenvalue weighted by Crippen LogP contribution is -2.20. The predicted molar refractivity (Wildman–Crippen MR) is 73.6 cm³/mol. The van der Waals surface area contributed by atoms with E-state index in [9.17, 15) is 4.39 Å². The van der Waals surface area contributed by atoms with Crippen molar-refractivity contribution in [2.75, 3.05) is 0 Å². The average Bonchev–Trinajstić information content (AvgIpc) is 2.85. The van der Waals surface area contributed by atoms with Crippen molar-refractivity contribution in [1.82, 2.24) is 4.98 Å². The van der Waals surface area contributed by atoms with Gasteiger partial charge < -0.3 is 5.73 Å². The van der Waals surface area contributed by atoms with E-state index in [4.69, 9.17) is 17.3 Å². The predicted octanol–water partition coefficient (Wildman–Crippen LogP) is 3.60. The quantitative estimate of drug-likeness (QED) is 0.910. The van der Waals surface area contributed by atoms with Gasteiger partial charge in [0.2, 0.25) is 0 Å². The molecule has 3 rings (SSSR count). The number of aromatic nitrogens is 1. The molecule has 0 amide bonds. The lowest BCUT2D eigenvalue weighted by molar-refractivity contribution is 0.507. The van der Waals surface area contributed by atoms with Crippen LogP contribution in [0.1, 0.15) is 35.2 Å². The Balaban J connectivity index is 1.98. The Morgan fingerprint density at radius 3 is 3.00 bits per heavy atom. The Bertz CT molecular complexity index is 615. The highest BCUT2D eigenvalue weighted by Crippen LogP contribution is 2.40. The molecule has 0 aliphatic heterocycles. The zero-order valence-electron chi connectivity index (χ0n) is 10.3. The maximum absolute atomic E-state index is 14.0. The van der Waals surface area contributed by atoms with Crippen LogP contribution in [0.3, 0.4) is 0 Å². The third-order valence-electron chi connectivity index (χ3n) is 3.78. The summed E-state index contributed by atoms with van der Waals surface area (Å²) in [6.45, 7) is 0. The van der Waals surface area contributed by atoms with Crippen LogP contribution in [0.5, 0.6) is 0 Å². The smallest absolute Gasteiger partial charge is 0.146 e. The van der Waals surface area contributed by atoms with Crippen LogP contribution in [0, 0.1) is 5.82 Å². The highest BCUT2D eigenvalue weighted by atomic mass is 35.5. The Labute approximate surface area is 116 Å². The number of rotatable bonds is 2. The van der Waals surface area contributed by atoms with Crippen molar-refractivity contribution in [2.45, 2.75) is 24.8 Å². The third-order valence-corrected chi connectivity index (χ3v) is 4.07. The monoisotopic (exact) mass is 276 g/mol. The molecule has 2 aromatic rings. The summed E-state index contributed by atoms with van der Waals surface area (Å²) in [6, 6.07) is 8.54. The van der Waals surface area contributed by atoms with Crippen LogP contribution in [0.25, 0.3) is 0 Å². The first-order valence-corrected chi connectivity index (χ1v) is 6.69. The molecule has 1 aromatic carbocycles. The molecule has 0 fully saturated rings. The van der Waals surface area contributed by atoms with Crippen LogP contribution >= 0.6 is 11.6 Å². The molecule has 2 atom stereocenters. The van der Waals surface area contributed by atoms with Gasteiger partial charge in [-0.05, 0) is 30.5 Å². The normalized spacial score (nSPS) is 19.2. The first-order chi connectivity index (χ1) is 9.18. The van der Waals surface area contributed by atoms with Crippen LogP contribution in [0.2, 0.25) is 5.02 Å². The van der Waals surface area contributed by atoms with E-state index in [2.05, 4.69) is 11.1 Å². The SMILES string of the molecule is NC(c1cccc(Cl)c1F)C1CCc2cccnc21. The van der Waals surface area contributed by atoms with Crippen LogP contribution in [0.4, 0.5) is 4.39 Å².